The molecule has 0 amide bonds. The first-order chi connectivity index (χ1) is 8.21. The quantitative estimate of drug-likeness (QED) is 0.521. The molecule has 2 atom stereocenters. The number of rotatable bonds is 7. The van der Waals surface area contributed by atoms with Gasteiger partial charge in [0.05, 0.1) is 23.7 Å². The third-order valence-corrected chi connectivity index (χ3v) is 4.70. The summed E-state index contributed by atoms with van der Waals surface area (Å²) in [6.45, 7) is 0.519. The van der Waals surface area contributed by atoms with Crippen molar-refractivity contribution in [1.29, 1.82) is 0 Å². The van der Waals surface area contributed by atoms with Crippen LogP contribution in [0.3, 0.4) is 0 Å². The first-order valence-corrected chi connectivity index (χ1v) is 7.53. The summed E-state index contributed by atoms with van der Waals surface area (Å²) in [5.41, 5.74) is 1.07. The summed E-state index contributed by atoms with van der Waals surface area (Å²) < 4.78 is 11.1. The number of halogens is 3. The first kappa shape index (κ1) is 15.3. The van der Waals surface area contributed by atoms with Crippen LogP contribution in [0.25, 0.3) is 0 Å². The lowest BCUT2D eigenvalue weighted by atomic mass is 10.2. The molecule has 2 unspecified atom stereocenters. The molecule has 1 aromatic rings. The van der Waals surface area contributed by atoms with Gasteiger partial charge in [-0.2, -0.15) is 0 Å². The van der Waals surface area contributed by atoms with Gasteiger partial charge in [0.1, 0.15) is 5.75 Å². The van der Waals surface area contributed by atoms with E-state index < -0.39 is 0 Å². The topological polar surface area (TPSA) is 18.5 Å². The lowest BCUT2D eigenvalue weighted by molar-refractivity contribution is 0.0598. The van der Waals surface area contributed by atoms with E-state index in [0.717, 1.165) is 11.3 Å². The van der Waals surface area contributed by atoms with E-state index >= 15 is 0 Å². The van der Waals surface area contributed by atoms with Gasteiger partial charge in [-0.15, -0.1) is 23.2 Å². The predicted octanol–water partition coefficient (Wildman–Crippen LogP) is 3.86. The van der Waals surface area contributed by atoms with E-state index in [2.05, 4.69) is 22.6 Å². The van der Waals surface area contributed by atoms with Crippen molar-refractivity contribution in [2.24, 2.45) is 0 Å². The zero-order valence-electron chi connectivity index (χ0n) is 9.54. The molecule has 0 spiro atoms. The Hall–Kier alpha value is 0.290. The summed E-state index contributed by atoms with van der Waals surface area (Å²) in [7, 11) is 1.65. The Bertz CT molecular complexity index is 336. The van der Waals surface area contributed by atoms with Crippen LogP contribution < -0.4 is 4.74 Å². The van der Waals surface area contributed by atoms with Crippen molar-refractivity contribution in [2.75, 3.05) is 18.9 Å². The molecule has 0 fully saturated rings. The molecule has 0 saturated carbocycles. The second kappa shape index (κ2) is 8.40. The third kappa shape index (κ3) is 5.20. The van der Waals surface area contributed by atoms with Gasteiger partial charge < -0.3 is 9.47 Å². The third-order valence-electron chi connectivity index (χ3n) is 2.30. The molecule has 1 aromatic carbocycles. The Balaban J connectivity index is 2.53. The molecule has 0 aromatic heterocycles. The summed E-state index contributed by atoms with van der Waals surface area (Å²) in [5.74, 6) is 1.82. The van der Waals surface area contributed by atoms with Crippen LogP contribution in [0.2, 0.25) is 0 Å². The highest BCUT2D eigenvalue weighted by atomic mass is 127. The lowest BCUT2D eigenvalue weighted by Gasteiger charge is -2.19. The SMILES string of the molecule is COc1cccc(COC(CCl)C(I)CCl)c1. The number of benzene rings is 1. The summed E-state index contributed by atoms with van der Waals surface area (Å²) in [5, 5.41) is 0. The van der Waals surface area contributed by atoms with E-state index in [1.54, 1.807) is 7.11 Å². The van der Waals surface area contributed by atoms with Crippen LogP contribution in [0.15, 0.2) is 24.3 Å². The molecular formula is C12H15Cl2IO2. The Morgan fingerprint density at radius 1 is 1.29 bits per heavy atom. The van der Waals surface area contributed by atoms with Gasteiger partial charge in [-0.05, 0) is 17.7 Å². The molecule has 5 heteroatoms. The van der Waals surface area contributed by atoms with Crippen molar-refractivity contribution in [3.05, 3.63) is 29.8 Å². The molecule has 96 valence electrons. The van der Waals surface area contributed by atoms with Gasteiger partial charge in [0.25, 0.3) is 0 Å². The average Bonchev–Trinajstić information content (AvgIpc) is 2.39. The first-order valence-electron chi connectivity index (χ1n) is 5.21. The normalized spacial score (nSPS) is 14.4. The van der Waals surface area contributed by atoms with Crippen LogP contribution in [0.5, 0.6) is 5.75 Å². The minimum absolute atomic E-state index is 0.0269. The van der Waals surface area contributed by atoms with Crippen molar-refractivity contribution in [1.82, 2.24) is 0 Å². The van der Waals surface area contributed by atoms with Gasteiger partial charge in [-0.25, -0.2) is 0 Å². The van der Waals surface area contributed by atoms with Crippen molar-refractivity contribution in [3.8, 4) is 5.75 Å². The second-order valence-electron chi connectivity index (χ2n) is 3.53. The molecule has 0 aliphatic heterocycles. The maximum atomic E-state index is 5.85. The van der Waals surface area contributed by atoms with Gasteiger partial charge in [0, 0.05) is 11.8 Å². The summed E-state index contributed by atoms with van der Waals surface area (Å²) in [4.78, 5) is 0. The van der Waals surface area contributed by atoms with E-state index in [-0.39, 0.29) is 10.0 Å². The summed E-state index contributed by atoms with van der Waals surface area (Å²) >= 11 is 13.9. The van der Waals surface area contributed by atoms with Gasteiger partial charge >= 0.3 is 0 Å². The minimum Gasteiger partial charge on any atom is -0.497 e. The predicted molar refractivity (Wildman–Crippen MR) is 80.8 cm³/mol. The van der Waals surface area contributed by atoms with Crippen molar-refractivity contribution >= 4 is 45.8 Å². The van der Waals surface area contributed by atoms with Crippen LogP contribution in [-0.4, -0.2) is 28.9 Å². The maximum Gasteiger partial charge on any atom is 0.119 e. The standard InChI is InChI=1S/C12H15Cl2IO2/c1-16-10-4-2-3-9(5-10)8-17-12(7-14)11(15)6-13/h2-5,11-12H,6-8H2,1H3. The van der Waals surface area contributed by atoms with Crippen LogP contribution in [0.4, 0.5) is 0 Å². The lowest BCUT2D eigenvalue weighted by Crippen LogP contribution is -2.27. The van der Waals surface area contributed by atoms with E-state index in [1.807, 2.05) is 24.3 Å². The fraction of sp³-hybridized carbons (Fsp3) is 0.500. The van der Waals surface area contributed by atoms with Crippen LogP contribution in [-0.2, 0) is 11.3 Å². The molecule has 0 radical (unpaired) electrons. The molecular weight excluding hydrogens is 374 g/mol. The Morgan fingerprint density at radius 3 is 2.65 bits per heavy atom. The van der Waals surface area contributed by atoms with E-state index in [1.165, 1.54) is 0 Å². The number of hydrogen-bond acceptors (Lipinski definition) is 2. The minimum atomic E-state index is -0.0269. The summed E-state index contributed by atoms with van der Waals surface area (Å²) in [6, 6.07) is 7.80. The zero-order valence-corrected chi connectivity index (χ0v) is 13.2. The largest absolute Gasteiger partial charge is 0.497 e. The van der Waals surface area contributed by atoms with Gasteiger partial charge in [-0.1, -0.05) is 34.7 Å². The molecule has 2 nitrogen and oxygen atoms in total. The number of hydrogen-bond donors (Lipinski definition) is 0. The van der Waals surface area contributed by atoms with E-state index in [0.29, 0.717) is 18.4 Å². The summed E-state index contributed by atoms with van der Waals surface area (Å²) in [6.07, 6.45) is -0.0269. The molecule has 0 N–H and O–H groups in total. The highest BCUT2D eigenvalue weighted by Gasteiger charge is 2.17. The molecule has 0 saturated heterocycles. The molecule has 0 aliphatic carbocycles. The monoisotopic (exact) mass is 388 g/mol. The number of alkyl halides is 3. The fourth-order valence-electron chi connectivity index (χ4n) is 1.31. The van der Waals surface area contributed by atoms with Gasteiger partial charge in [0.2, 0.25) is 0 Å². The van der Waals surface area contributed by atoms with Crippen LogP contribution in [0.1, 0.15) is 5.56 Å². The van der Waals surface area contributed by atoms with Crippen LogP contribution in [0, 0.1) is 0 Å². The average molecular weight is 389 g/mol. The Kier molecular flexibility index (Phi) is 7.59. The molecule has 0 aliphatic rings. The molecule has 1 rings (SSSR count). The van der Waals surface area contributed by atoms with Crippen molar-refractivity contribution in [2.45, 2.75) is 16.6 Å². The second-order valence-corrected chi connectivity index (χ2v) is 5.74. The van der Waals surface area contributed by atoms with Gasteiger partial charge in [-0.3, -0.25) is 0 Å². The molecule has 0 bridgehead atoms. The highest BCUT2D eigenvalue weighted by Crippen LogP contribution is 2.18. The Labute approximate surface area is 126 Å². The maximum absolute atomic E-state index is 5.85. The van der Waals surface area contributed by atoms with E-state index in [4.69, 9.17) is 32.7 Å². The molecule has 0 heterocycles. The highest BCUT2D eigenvalue weighted by molar-refractivity contribution is 14.1. The number of ether oxygens (including phenoxy) is 2. The van der Waals surface area contributed by atoms with Crippen molar-refractivity contribution < 1.29 is 9.47 Å². The fourth-order valence-corrected chi connectivity index (χ4v) is 2.58. The van der Waals surface area contributed by atoms with E-state index in [9.17, 15) is 0 Å². The van der Waals surface area contributed by atoms with Crippen LogP contribution >= 0.6 is 45.8 Å². The smallest absolute Gasteiger partial charge is 0.119 e. The van der Waals surface area contributed by atoms with Crippen molar-refractivity contribution in [3.63, 3.8) is 0 Å². The van der Waals surface area contributed by atoms with Gasteiger partial charge in [0.15, 0.2) is 0 Å². The zero-order chi connectivity index (χ0) is 12.7. The number of methoxy groups -OCH3 is 1. The Morgan fingerprint density at radius 2 is 2.06 bits per heavy atom. The molecule has 17 heavy (non-hydrogen) atoms.